The highest BCUT2D eigenvalue weighted by molar-refractivity contribution is 9.09. The summed E-state index contributed by atoms with van der Waals surface area (Å²) in [6.45, 7) is 4.32. The minimum atomic E-state index is -1.22. The lowest BCUT2D eigenvalue weighted by molar-refractivity contribution is -0.149. The second kappa shape index (κ2) is 5.50. The summed E-state index contributed by atoms with van der Waals surface area (Å²) in [7, 11) is 0. The van der Waals surface area contributed by atoms with Crippen LogP contribution in [0.3, 0.4) is 0 Å². The van der Waals surface area contributed by atoms with E-state index in [-0.39, 0.29) is 22.3 Å². The first-order valence-corrected chi connectivity index (χ1v) is 10.3. The van der Waals surface area contributed by atoms with E-state index in [1.54, 1.807) is 6.08 Å². The van der Waals surface area contributed by atoms with Crippen LogP contribution in [0.25, 0.3) is 0 Å². The van der Waals surface area contributed by atoms with E-state index in [4.69, 9.17) is 0 Å². The van der Waals surface area contributed by atoms with E-state index in [2.05, 4.69) is 41.9 Å². The average Bonchev–Trinajstić information content (AvgIpc) is 2.87. The van der Waals surface area contributed by atoms with Crippen LogP contribution in [0.2, 0.25) is 0 Å². The number of rotatable bonds is 2. The monoisotopic (exact) mass is 404 g/mol. The Morgan fingerprint density at radius 1 is 1.36 bits per heavy atom. The maximum atomic E-state index is 12.5. The van der Waals surface area contributed by atoms with Gasteiger partial charge in [-0.15, -0.1) is 0 Å². The van der Waals surface area contributed by atoms with Crippen molar-refractivity contribution in [1.29, 1.82) is 0 Å². The molecule has 5 atom stereocenters. The number of fused-ring (bicyclic) bond motifs is 5. The SMILES string of the molecule is C[C@]12C=CC(=O)C=C1CC[C@@H]1C2=CC[C@@]2(C)[C@H]1CC[C@]2(O)C(=O)CBr. The topological polar surface area (TPSA) is 54.4 Å². The third kappa shape index (κ3) is 2.13. The van der Waals surface area contributed by atoms with Gasteiger partial charge in [-0.1, -0.05) is 46.2 Å². The summed E-state index contributed by atoms with van der Waals surface area (Å²) in [4.78, 5) is 24.3. The van der Waals surface area contributed by atoms with Gasteiger partial charge >= 0.3 is 0 Å². The predicted octanol–water partition coefficient (Wildman–Crippen LogP) is 3.91. The van der Waals surface area contributed by atoms with E-state index >= 15 is 0 Å². The van der Waals surface area contributed by atoms with Gasteiger partial charge in [0.1, 0.15) is 5.60 Å². The van der Waals surface area contributed by atoms with Gasteiger partial charge in [0, 0.05) is 10.8 Å². The second-order valence-corrected chi connectivity index (χ2v) is 9.16. The molecule has 0 aromatic rings. The van der Waals surface area contributed by atoms with E-state index in [1.807, 2.05) is 6.08 Å². The van der Waals surface area contributed by atoms with Crippen LogP contribution in [-0.2, 0) is 9.59 Å². The Morgan fingerprint density at radius 2 is 2.12 bits per heavy atom. The molecule has 2 fully saturated rings. The highest BCUT2D eigenvalue weighted by Crippen LogP contribution is 2.65. The highest BCUT2D eigenvalue weighted by Gasteiger charge is 2.63. The molecule has 1 N–H and O–H groups in total. The summed E-state index contributed by atoms with van der Waals surface area (Å²) in [6, 6.07) is 0. The summed E-state index contributed by atoms with van der Waals surface area (Å²) in [5.41, 5.74) is 0.831. The fourth-order valence-electron chi connectivity index (χ4n) is 6.10. The molecule has 4 aliphatic rings. The molecule has 0 aromatic heterocycles. The molecule has 0 saturated heterocycles. The molecule has 4 rings (SSSR count). The average molecular weight is 405 g/mol. The number of Topliss-reactive ketones (excluding diaryl/α,β-unsaturated/α-hetero) is 1. The number of carbonyl (C=O) groups excluding carboxylic acids is 2. The van der Waals surface area contributed by atoms with Crippen LogP contribution in [0.4, 0.5) is 0 Å². The van der Waals surface area contributed by atoms with E-state index in [9.17, 15) is 14.7 Å². The Kier molecular flexibility index (Phi) is 3.83. The molecule has 0 radical (unpaired) electrons. The van der Waals surface area contributed by atoms with Gasteiger partial charge in [-0.2, -0.15) is 0 Å². The number of hydrogen-bond acceptors (Lipinski definition) is 3. The standard InChI is InChI=1S/C21H25BrO3/c1-19-8-5-14(23)11-13(19)3-4-15-16(19)6-9-20(2)17(15)7-10-21(20,25)18(24)12-22/h5-6,8,11,15,17,25H,3-4,7,9-10,12H2,1-2H3/t15-,17+,19+,20+,21+/m1/s1. The lowest BCUT2D eigenvalue weighted by Crippen LogP contribution is -2.55. The Labute approximate surface area is 157 Å². The molecule has 4 aliphatic carbocycles. The maximum Gasteiger partial charge on any atom is 0.178 e. The van der Waals surface area contributed by atoms with Crippen molar-refractivity contribution in [3.05, 3.63) is 35.5 Å². The quantitative estimate of drug-likeness (QED) is 0.560. The van der Waals surface area contributed by atoms with Crippen molar-refractivity contribution in [3.63, 3.8) is 0 Å². The summed E-state index contributed by atoms with van der Waals surface area (Å²) in [5.74, 6) is 0.714. The largest absolute Gasteiger partial charge is 0.381 e. The molecule has 0 spiro atoms. The Bertz CT molecular complexity index is 748. The summed E-state index contributed by atoms with van der Waals surface area (Å²) >= 11 is 3.26. The fraction of sp³-hybridized carbons (Fsp3) is 0.619. The molecular formula is C21H25BrO3. The van der Waals surface area contributed by atoms with E-state index in [0.717, 1.165) is 25.7 Å². The van der Waals surface area contributed by atoms with Crippen LogP contribution in [0.1, 0.15) is 46.0 Å². The molecule has 4 heteroatoms. The normalized spacial score (nSPS) is 45.2. The number of carbonyl (C=O) groups is 2. The lowest BCUT2D eigenvalue weighted by Gasteiger charge is -2.53. The highest BCUT2D eigenvalue weighted by atomic mass is 79.9. The molecule has 0 aliphatic heterocycles. The van der Waals surface area contributed by atoms with Gasteiger partial charge in [0.2, 0.25) is 0 Å². The van der Waals surface area contributed by atoms with Crippen molar-refractivity contribution >= 4 is 27.5 Å². The number of allylic oxidation sites excluding steroid dienone is 6. The first kappa shape index (κ1) is 17.4. The van der Waals surface area contributed by atoms with Gasteiger partial charge < -0.3 is 5.11 Å². The second-order valence-electron chi connectivity index (χ2n) is 8.60. The Balaban J connectivity index is 1.77. The Hall–Kier alpha value is -1.00. The fourth-order valence-corrected chi connectivity index (χ4v) is 6.57. The van der Waals surface area contributed by atoms with E-state index in [1.165, 1.54) is 11.1 Å². The van der Waals surface area contributed by atoms with Crippen LogP contribution in [0.5, 0.6) is 0 Å². The van der Waals surface area contributed by atoms with E-state index < -0.39 is 11.0 Å². The number of alkyl halides is 1. The molecule has 134 valence electrons. The van der Waals surface area contributed by atoms with Crippen LogP contribution < -0.4 is 0 Å². The van der Waals surface area contributed by atoms with Gasteiger partial charge in [-0.05, 0) is 63.0 Å². The molecule has 0 amide bonds. The maximum absolute atomic E-state index is 12.5. The van der Waals surface area contributed by atoms with Gasteiger partial charge in [-0.3, -0.25) is 9.59 Å². The summed E-state index contributed by atoms with van der Waals surface area (Å²) < 4.78 is 0. The molecule has 25 heavy (non-hydrogen) atoms. The number of halogens is 1. The van der Waals surface area contributed by atoms with Crippen LogP contribution >= 0.6 is 15.9 Å². The Morgan fingerprint density at radius 3 is 2.84 bits per heavy atom. The van der Waals surface area contributed by atoms with Crippen molar-refractivity contribution in [2.24, 2.45) is 22.7 Å². The minimum absolute atomic E-state index is 0.0832. The molecule has 0 heterocycles. The molecule has 3 nitrogen and oxygen atoms in total. The van der Waals surface area contributed by atoms with Crippen LogP contribution in [-0.4, -0.2) is 27.6 Å². The van der Waals surface area contributed by atoms with Crippen molar-refractivity contribution in [1.82, 2.24) is 0 Å². The molecule has 0 aromatic carbocycles. The minimum Gasteiger partial charge on any atom is -0.381 e. The van der Waals surface area contributed by atoms with Gasteiger partial charge in [0.25, 0.3) is 0 Å². The predicted molar refractivity (Wildman–Crippen MR) is 100 cm³/mol. The van der Waals surface area contributed by atoms with Crippen LogP contribution in [0.15, 0.2) is 35.5 Å². The zero-order chi connectivity index (χ0) is 18.0. The van der Waals surface area contributed by atoms with Gasteiger partial charge in [0.15, 0.2) is 11.6 Å². The third-order valence-electron chi connectivity index (χ3n) is 7.68. The van der Waals surface area contributed by atoms with Gasteiger partial charge in [0.05, 0.1) is 5.33 Å². The zero-order valence-corrected chi connectivity index (χ0v) is 16.4. The lowest BCUT2D eigenvalue weighted by atomic mass is 9.51. The van der Waals surface area contributed by atoms with Gasteiger partial charge in [-0.25, -0.2) is 0 Å². The van der Waals surface area contributed by atoms with E-state index in [0.29, 0.717) is 18.3 Å². The van der Waals surface area contributed by atoms with Crippen molar-refractivity contribution in [3.8, 4) is 0 Å². The number of aliphatic hydroxyl groups is 1. The van der Waals surface area contributed by atoms with Crippen molar-refractivity contribution < 1.29 is 14.7 Å². The first-order valence-electron chi connectivity index (χ1n) is 9.23. The van der Waals surface area contributed by atoms with Crippen LogP contribution in [0, 0.1) is 22.7 Å². The molecule has 0 bridgehead atoms. The summed E-state index contributed by atoms with van der Waals surface area (Å²) in [5, 5.41) is 11.5. The zero-order valence-electron chi connectivity index (χ0n) is 14.8. The third-order valence-corrected chi connectivity index (χ3v) is 8.19. The number of hydrogen-bond donors (Lipinski definition) is 1. The summed E-state index contributed by atoms with van der Waals surface area (Å²) in [6.07, 6.45) is 11.9. The smallest absolute Gasteiger partial charge is 0.178 e. The molecule has 0 unspecified atom stereocenters. The van der Waals surface area contributed by atoms with Crippen molar-refractivity contribution in [2.75, 3.05) is 5.33 Å². The van der Waals surface area contributed by atoms with Crippen molar-refractivity contribution in [2.45, 2.75) is 51.6 Å². The number of ketones is 2. The molecule has 2 saturated carbocycles. The molecular weight excluding hydrogens is 380 g/mol. The first-order chi connectivity index (χ1) is 11.8.